The van der Waals surface area contributed by atoms with Crippen molar-refractivity contribution in [3.63, 3.8) is 0 Å². The van der Waals surface area contributed by atoms with Gasteiger partial charge in [0.05, 0.1) is 0 Å². The van der Waals surface area contributed by atoms with Crippen molar-refractivity contribution in [3.8, 4) is 0 Å². The Labute approximate surface area is 113 Å². The summed E-state index contributed by atoms with van der Waals surface area (Å²) in [7, 11) is 0. The van der Waals surface area contributed by atoms with Gasteiger partial charge in [0, 0.05) is 17.0 Å². The van der Waals surface area contributed by atoms with Gasteiger partial charge in [-0.1, -0.05) is 43.6 Å². The average molecular weight is 271 g/mol. The molecule has 3 nitrogen and oxygen atoms in total. The third-order valence-electron chi connectivity index (χ3n) is 2.56. The second kappa shape index (κ2) is 6.76. The van der Waals surface area contributed by atoms with E-state index in [-0.39, 0.29) is 11.9 Å². The first-order chi connectivity index (χ1) is 8.41. The fourth-order valence-electron chi connectivity index (χ4n) is 1.62. The molecule has 0 spiro atoms. The Morgan fingerprint density at radius 3 is 2.50 bits per heavy atom. The quantitative estimate of drug-likeness (QED) is 0.835. The van der Waals surface area contributed by atoms with Gasteiger partial charge in [0.15, 0.2) is 0 Å². The molecule has 0 radical (unpaired) electrons. The summed E-state index contributed by atoms with van der Waals surface area (Å²) in [5, 5.41) is 10.6. The standard InChI is InChI=1S/C14H19ClO3/c1-9(2)8-13(16)18-10(3)14(17)11-6-4-5-7-12(11)15/h4-7,9-10,14,17H,8H2,1-3H3/t10-,14+/m0/s1. The van der Waals surface area contributed by atoms with Crippen LogP contribution in [0.5, 0.6) is 0 Å². The van der Waals surface area contributed by atoms with Crippen LogP contribution in [0.15, 0.2) is 24.3 Å². The van der Waals surface area contributed by atoms with E-state index in [1.807, 2.05) is 13.8 Å². The number of carbonyl (C=O) groups is 1. The summed E-state index contributed by atoms with van der Waals surface area (Å²) in [5.41, 5.74) is 0.573. The second-order valence-corrected chi connectivity index (χ2v) is 5.17. The Bertz CT molecular complexity index is 404. The molecule has 0 aliphatic rings. The molecule has 0 saturated carbocycles. The van der Waals surface area contributed by atoms with Crippen molar-refractivity contribution >= 4 is 17.6 Å². The predicted octanol–water partition coefficient (Wildman–Crippen LogP) is 3.35. The molecule has 0 aliphatic carbocycles. The van der Waals surface area contributed by atoms with Crippen LogP contribution in [0.3, 0.4) is 0 Å². The van der Waals surface area contributed by atoms with E-state index in [0.29, 0.717) is 17.0 Å². The topological polar surface area (TPSA) is 46.5 Å². The largest absolute Gasteiger partial charge is 0.460 e. The van der Waals surface area contributed by atoms with Crippen molar-refractivity contribution in [2.75, 3.05) is 0 Å². The van der Waals surface area contributed by atoms with Gasteiger partial charge in [0.25, 0.3) is 0 Å². The Kier molecular flexibility index (Phi) is 5.63. The number of aliphatic hydroxyl groups excluding tert-OH is 1. The lowest BCUT2D eigenvalue weighted by Gasteiger charge is -2.21. The van der Waals surface area contributed by atoms with Crippen molar-refractivity contribution in [2.45, 2.75) is 39.4 Å². The van der Waals surface area contributed by atoms with Crippen molar-refractivity contribution in [1.29, 1.82) is 0 Å². The van der Waals surface area contributed by atoms with Crippen molar-refractivity contribution < 1.29 is 14.6 Å². The van der Waals surface area contributed by atoms with Crippen LogP contribution in [0.2, 0.25) is 5.02 Å². The molecule has 0 aromatic heterocycles. The molecule has 1 rings (SSSR count). The highest BCUT2D eigenvalue weighted by molar-refractivity contribution is 6.31. The summed E-state index contributed by atoms with van der Waals surface area (Å²) in [6.45, 7) is 5.54. The van der Waals surface area contributed by atoms with Crippen LogP contribution in [0.1, 0.15) is 38.9 Å². The minimum atomic E-state index is -0.908. The van der Waals surface area contributed by atoms with Crippen molar-refractivity contribution in [1.82, 2.24) is 0 Å². The molecule has 1 aromatic carbocycles. The van der Waals surface area contributed by atoms with E-state index in [0.717, 1.165) is 0 Å². The number of halogens is 1. The van der Waals surface area contributed by atoms with Crippen LogP contribution in [0.25, 0.3) is 0 Å². The Morgan fingerprint density at radius 2 is 1.94 bits per heavy atom. The summed E-state index contributed by atoms with van der Waals surface area (Å²) < 4.78 is 5.18. The van der Waals surface area contributed by atoms with E-state index < -0.39 is 12.2 Å². The number of rotatable bonds is 5. The molecule has 1 aromatic rings. The van der Waals surface area contributed by atoms with Crippen LogP contribution >= 0.6 is 11.6 Å². The molecule has 0 aliphatic heterocycles. The molecule has 18 heavy (non-hydrogen) atoms. The molecule has 2 atom stereocenters. The first-order valence-electron chi connectivity index (χ1n) is 6.03. The Balaban J connectivity index is 2.64. The van der Waals surface area contributed by atoms with Crippen LogP contribution in [0, 0.1) is 5.92 Å². The van der Waals surface area contributed by atoms with Crippen LogP contribution < -0.4 is 0 Å². The number of hydrogen-bond acceptors (Lipinski definition) is 3. The first-order valence-corrected chi connectivity index (χ1v) is 6.41. The minimum Gasteiger partial charge on any atom is -0.460 e. The maximum Gasteiger partial charge on any atom is 0.306 e. The van der Waals surface area contributed by atoms with Crippen LogP contribution in [-0.2, 0) is 9.53 Å². The van der Waals surface area contributed by atoms with Gasteiger partial charge in [0.1, 0.15) is 12.2 Å². The summed E-state index contributed by atoms with van der Waals surface area (Å²) in [6.07, 6.45) is -1.18. The number of esters is 1. The zero-order valence-corrected chi connectivity index (χ0v) is 11.6. The van der Waals surface area contributed by atoms with Gasteiger partial charge in [-0.15, -0.1) is 0 Å². The first kappa shape index (κ1) is 15.0. The molecule has 0 unspecified atom stereocenters. The molecular weight excluding hydrogens is 252 g/mol. The van der Waals surface area contributed by atoms with Crippen LogP contribution in [-0.4, -0.2) is 17.2 Å². The van der Waals surface area contributed by atoms with Gasteiger partial charge in [-0.25, -0.2) is 0 Å². The molecule has 1 N–H and O–H groups in total. The molecule has 0 fully saturated rings. The average Bonchev–Trinajstić information content (AvgIpc) is 2.27. The fraction of sp³-hybridized carbons (Fsp3) is 0.500. The normalized spacial score (nSPS) is 14.3. The van der Waals surface area contributed by atoms with E-state index in [4.69, 9.17) is 16.3 Å². The number of ether oxygens (including phenoxy) is 1. The van der Waals surface area contributed by atoms with Gasteiger partial charge < -0.3 is 9.84 Å². The van der Waals surface area contributed by atoms with E-state index in [1.54, 1.807) is 31.2 Å². The minimum absolute atomic E-state index is 0.238. The number of benzene rings is 1. The molecule has 0 amide bonds. The molecule has 0 saturated heterocycles. The number of aliphatic hydroxyl groups is 1. The highest BCUT2D eigenvalue weighted by Crippen LogP contribution is 2.26. The summed E-state index contributed by atoms with van der Waals surface area (Å²) in [5.74, 6) is -0.0641. The van der Waals surface area contributed by atoms with E-state index >= 15 is 0 Å². The van der Waals surface area contributed by atoms with E-state index in [1.165, 1.54) is 0 Å². The summed E-state index contributed by atoms with van der Waals surface area (Å²) >= 11 is 5.98. The number of hydrogen-bond donors (Lipinski definition) is 1. The van der Waals surface area contributed by atoms with E-state index in [9.17, 15) is 9.90 Å². The molecular formula is C14H19ClO3. The summed E-state index contributed by atoms with van der Waals surface area (Å²) in [4.78, 5) is 11.5. The van der Waals surface area contributed by atoms with Gasteiger partial charge in [-0.2, -0.15) is 0 Å². The molecule has 100 valence electrons. The van der Waals surface area contributed by atoms with Gasteiger partial charge in [-0.3, -0.25) is 4.79 Å². The smallest absolute Gasteiger partial charge is 0.306 e. The number of carbonyl (C=O) groups excluding carboxylic acids is 1. The zero-order chi connectivity index (χ0) is 13.7. The third-order valence-corrected chi connectivity index (χ3v) is 2.90. The van der Waals surface area contributed by atoms with Gasteiger partial charge in [-0.05, 0) is 18.9 Å². The third kappa shape index (κ3) is 4.31. The van der Waals surface area contributed by atoms with Gasteiger partial charge in [0.2, 0.25) is 0 Å². The fourth-order valence-corrected chi connectivity index (χ4v) is 1.87. The molecule has 4 heteroatoms. The lowest BCUT2D eigenvalue weighted by molar-refractivity contribution is -0.154. The maximum atomic E-state index is 11.5. The highest BCUT2D eigenvalue weighted by Gasteiger charge is 2.22. The Morgan fingerprint density at radius 1 is 1.33 bits per heavy atom. The monoisotopic (exact) mass is 270 g/mol. The molecule has 0 heterocycles. The Hall–Kier alpha value is -1.06. The summed E-state index contributed by atoms with van der Waals surface area (Å²) in [6, 6.07) is 6.99. The van der Waals surface area contributed by atoms with Gasteiger partial charge >= 0.3 is 5.97 Å². The van der Waals surface area contributed by atoms with Crippen LogP contribution in [0.4, 0.5) is 0 Å². The van der Waals surface area contributed by atoms with Crippen molar-refractivity contribution in [2.24, 2.45) is 5.92 Å². The lowest BCUT2D eigenvalue weighted by Crippen LogP contribution is -2.23. The second-order valence-electron chi connectivity index (χ2n) is 4.76. The highest BCUT2D eigenvalue weighted by atomic mass is 35.5. The maximum absolute atomic E-state index is 11.5. The predicted molar refractivity (Wildman–Crippen MR) is 71.4 cm³/mol. The lowest BCUT2D eigenvalue weighted by atomic mass is 10.1. The SMILES string of the molecule is CC(C)CC(=O)O[C@@H](C)[C@@H](O)c1ccccc1Cl. The van der Waals surface area contributed by atoms with Crippen molar-refractivity contribution in [3.05, 3.63) is 34.9 Å². The van der Waals surface area contributed by atoms with E-state index in [2.05, 4.69) is 0 Å². The molecule has 0 bridgehead atoms. The zero-order valence-electron chi connectivity index (χ0n) is 10.9.